The lowest BCUT2D eigenvalue weighted by atomic mass is 9.98. The number of hydrogen-bond donors (Lipinski definition) is 1. The summed E-state index contributed by atoms with van der Waals surface area (Å²) in [4.78, 5) is 20.7. The molecular formula is C19H18Cl2F2N4O. The van der Waals surface area contributed by atoms with Crippen LogP contribution in [0.4, 0.5) is 25.0 Å². The van der Waals surface area contributed by atoms with Gasteiger partial charge in [0.2, 0.25) is 0 Å². The van der Waals surface area contributed by atoms with Gasteiger partial charge in [-0.1, -0.05) is 23.2 Å². The lowest BCUT2D eigenvalue weighted by Crippen LogP contribution is -2.50. The van der Waals surface area contributed by atoms with Crippen LogP contribution in [-0.2, 0) is 0 Å². The van der Waals surface area contributed by atoms with Gasteiger partial charge >= 0.3 is 6.03 Å². The van der Waals surface area contributed by atoms with Crippen molar-refractivity contribution in [2.75, 3.05) is 23.3 Å². The highest BCUT2D eigenvalue weighted by molar-refractivity contribution is 6.38. The number of amides is 2. The van der Waals surface area contributed by atoms with Gasteiger partial charge in [-0.05, 0) is 31.4 Å². The Morgan fingerprint density at radius 3 is 2.50 bits per heavy atom. The number of anilines is 2. The minimum atomic E-state index is -0.997. The van der Waals surface area contributed by atoms with Crippen molar-refractivity contribution in [3.8, 4) is 0 Å². The average molecular weight is 427 g/mol. The van der Waals surface area contributed by atoms with Gasteiger partial charge in [-0.2, -0.15) is 0 Å². The molecule has 3 aliphatic rings. The second-order valence-electron chi connectivity index (χ2n) is 7.03. The van der Waals surface area contributed by atoms with E-state index >= 15 is 0 Å². The molecule has 2 atom stereocenters. The number of carbonyl (C=O) groups is 1. The first kappa shape index (κ1) is 19.2. The van der Waals surface area contributed by atoms with Crippen LogP contribution in [0.1, 0.15) is 19.3 Å². The second-order valence-corrected chi connectivity index (χ2v) is 7.84. The van der Waals surface area contributed by atoms with Gasteiger partial charge in [0.15, 0.2) is 11.6 Å². The number of pyridine rings is 1. The Bertz CT molecular complexity index is 893. The largest absolute Gasteiger partial charge is 0.364 e. The standard InChI is InChI=1S/C19H18Cl2F2N4O/c20-14-8-24-9-15(21)18(14)27-10-13-3-2-12(27)5-6-26(13)19(28)25-11-1-4-16(22)17(23)7-11/h1,4,7-9,12-13H,2-3,5-6,10H2,(H,25,28). The van der Waals surface area contributed by atoms with Crippen LogP contribution in [-0.4, -0.2) is 41.1 Å². The fourth-order valence-corrected chi connectivity index (χ4v) is 4.60. The summed E-state index contributed by atoms with van der Waals surface area (Å²) in [6.45, 7) is 1.15. The third-order valence-electron chi connectivity index (χ3n) is 5.37. The first-order valence-corrected chi connectivity index (χ1v) is 9.78. The number of nitrogens with zero attached hydrogens (tertiary/aromatic N) is 3. The van der Waals surface area contributed by atoms with Crippen molar-refractivity contribution in [1.82, 2.24) is 9.88 Å². The highest BCUT2D eigenvalue weighted by Crippen LogP contribution is 2.39. The summed E-state index contributed by atoms with van der Waals surface area (Å²) >= 11 is 12.7. The minimum Gasteiger partial charge on any atom is -0.364 e. The minimum absolute atomic E-state index is 0.0376. The summed E-state index contributed by atoms with van der Waals surface area (Å²) in [5, 5.41) is 3.64. The van der Waals surface area contributed by atoms with Crippen LogP contribution in [0.15, 0.2) is 30.6 Å². The topological polar surface area (TPSA) is 48.5 Å². The van der Waals surface area contributed by atoms with Crippen LogP contribution in [0.2, 0.25) is 10.0 Å². The number of hydrogen-bond acceptors (Lipinski definition) is 3. The molecule has 28 heavy (non-hydrogen) atoms. The smallest absolute Gasteiger partial charge is 0.322 e. The summed E-state index contributed by atoms with van der Waals surface area (Å²) in [6, 6.07) is 3.16. The summed E-state index contributed by atoms with van der Waals surface area (Å²) in [5.74, 6) is -1.95. The number of nitrogens with one attached hydrogen (secondary N) is 1. The molecule has 0 radical (unpaired) electrons. The zero-order valence-electron chi connectivity index (χ0n) is 14.8. The molecule has 148 valence electrons. The van der Waals surface area contributed by atoms with Crippen molar-refractivity contribution in [3.63, 3.8) is 0 Å². The first-order valence-electron chi connectivity index (χ1n) is 9.02. The molecule has 3 fully saturated rings. The van der Waals surface area contributed by atoms with Crippen LogP contribution in [0.3, 0.4) is 0 Å². The van der Waals surface area contributed by atoms with E-state index in [1.54, 1.807) is 17.3 Å². The number of carbonyl (C=O) groups excluding carboxylic acids is 1. The number of aromatic nitrogens is 1. The molecule has 1 aromatic carbocycles. The zero-order chi connectivity index (χ0) is 19.8. The van der Waals surface area contributed by atoms with Gasteiger partial charge in [-0.3, -0.25) is 4.98 Å². The van der Waals surface area contributed by atoms with Crippen molar-refractivity contribution in [3.05, 3.63) is 52.3 Å². The average Bonchev–Trinajstić information content (AvgIpc) is 2.97. The lowest BCUT2D eigenvalue weighted by molar-refractivity contribution is 0.191. The molecule has 2 amide bonds. The Morgan fingerprint density at radius 1 is 1.07 bits per heavy atom. The Morgan fingerprint density at radius 2 is 1.79 bits per heavy atom. The van der Waals surface area contributed by atoms with E-state index in [9.17, 15) is 13.6 Å². The number of rotatable bonds is 2. The number of urea groups is 1. The van der Waals surface area contributed by atoms with E-state index in [4.69, 9.17) is 23.2 Å². The molecule has 1 N–H and O–H groups in total. The van der Waals surface area contributed by atoms with E-state index in [0.717, 1.165) is 37.1 Å². The van der Waals surface area contributed by atoms with Crippen molar-refractivity contribution in [2.45, 2.75) is 31.3 Å². The van der Waals surface area contributed by atoms with Crippen LogP contribution < -0.4 is 10.2 Å². The van der Waals surface area contributed by atoms with Gasteiger partial charge in [0, 0.05) is 43.3 Å². The Hall–Kier alpha value is -2.12. The molecular weight excluding hydrogens is 409 g/mol. The second kappa shape index (κ2) is 7.72. The molecule has 5 nitrogen and oxygen atoms in total. The Kier molecular flexibility index (Phi) is 5.29. The summed E-state index contributed by atoms with van der Waals surface area (Å²) < 4.78 is 26.5. The van der Waals surface area contributed by atoms with Crippen molar-refractivity contribution in [2.24, 2.45) is 0 Å². The number of fused-ring (bicyclic) bond motifs is 4. The summed E-state index contributed by atoms with van der Waals surface area (Å²) in [7, 11) is 0. The van der Waals surface area contributed by atoms with E-state index in [-0.39, 0.29) is 23.8 Å². The molecule has 3 aliphatic heterocycles. The van der Waals surface area contributed by atoms with Crippen LogP contribution in [0.25, 0.3) is 0 Å². The maximum absolute atomic E-state index is 13.4. The fourth-order valence-electron chi connectivity index (χ4n) is 4.02. The zero-order valence-corrected chi connectivity index (χ0v) is 16.4. The van der Waals surface area contributed by atoms with E-state index in [2.05, 4.69) is 15.2 Å². The maximum Gasteiger partial charge on any atom is 0.322 e. The van der Waals surface area contributed by atoms with Crippen LogP contribution >= 0.6 is 23.2 Å². The molecule has 9 heteroatoms. The Balaban J connectivity index is 1.54. The molecule has 4 heterocycles. The summed E-state index contributed by atoms with van der Waals surface area (Å²) in [5.41, 5.74) is 0.968. The number of halogens is 4. The monoisotopic (exact) mass is 426 g/mol. The third-order valence-corrected chi connectivity index (χ3v) is 5.93. The van der Waals surface area contributed by atoms with Gasteiger partial charge in [0.25, 0.3) is 0 Å². The van der Waals surface area contributed by atoms with Crippen LogP contribution in [0, 0.1) is 11.6 Å². The molecule has 2 bridgehead atoms. The van der Waals surface area contributed by atoms with E-state index in [1.165, 1.54) is 6.07 Å². The molecule has 5 rings (SSSR count). The first-order chi connectivity index (χ1) is 13.4. The van der Waals surface area contributed by atoms with Crippen molar-refractivity contribution < 1.29 is 13.6 Å². The van der Waals surface area contributed by atoms with Crippen molar-refractivity contribution >= 4 is 40.6 Å². The van der Waals surface area contributed by atoms with Gasteiger partial charge < -0.3 is 15.1 Å². The van der Waals surface area contributed by atoms with E-state index < -0.39 is 11.6 Å². The molecule has 0 spiro atoms. The predicted octanol–water partition coefficient (Wildman–Crippen LogP) is 4.94. The third kappa shape index (κ3) is 3.61. The van der Waals surface area contributed by atoms with Gasteiger partial charge in [-0.25, -0.2) is 13.6 Å². The van der Waals surface area contributed by atoms with Crippen LogP contribution in [0.5, 0.6) is 0 Å². The molecule has 2 unspecified atom stereocenters. The molecule has 1 aromatic heterocycles. The highest BCUT2D eigenvalue weighted by Gasteiger charge is 2.39. The van der Waals surface area contributed by atoms with Gasteiger partial charge in [-0.15, -0.1) is 0 Å². The fraction of sp³-hybridized carbons (Fsp3) is 0.368. The number of benzene rings is 1. The van der Waals surface area contributed by atoms with Gasteiger partial charge in [0.1, 0.15) is 0 Å². The maximum atomic E-state index is 13.4. The number of piperidine rings is 1. The predicted molar refractivity (Wildman–Crippen MR) is 105 cm³/mol. The summed E-state index contributed by atoms with van der Waals surface area (Å²) in [6.07, 6.45) is 5.65. The van der Waals surface area contributed by atoms with E-state index in [0.29, 0.717) is 23.1 Å². The van der Waals surface area contributed by atoms with E-state index in [1.807, 2.05) is 0 Å². The molecule has 0 aliphatic carbocycles. The SMILES string of the molecule is O=C(Nc1ccc(F)c(F)c1)N1CCC2CCC1CN2c1c(Cl)cncc1Cl. The quantitative estimate of drug-likeness (QED) is 0.739. The molecule has 0 saturated carbocycles. The molecule has 3 saturated heterocycles. The van der Waals surface area contributed by atoms with Crippen molar-refractivity contribution in [1.29, 1.82) is 0 Å². The molecule has 2 aromatic rings. The lowest BCUT2D eigenvalue weighted by Gasteiger charge is -2.40. The Labute approximate surface area is 171 Å². The normalized spacial score (nSPS) is 21.6. The van der Waals surface area contributed by atoms with Gasteiger partial charge in [0.05, 0.1) is 21.8 Å². The highest BCUT2D eigenvalue weighted by atomic mass is 35.5.